The highest BCUT2D eigenvalue weighted by molar-refractivity contribution is 5.84. The van der Waals surface area contributed by atoms with Crippen LogP contribution in [0.15, 0.2) is 30.3 Å². The molecule has 2 N–H and O–H groups in total. The Hall–Kier alpha value is -1.88. The van der Waals surface area contributed by atoms with Crippen LogP contribution in [0.5, 0.6) is 0 Å². The number of hydrogen-bond acceptors (Lipinski definition) is 3. The van der Waals surface area contributed by atoms with E-state index in [0.717, 1.165) is 5.56 Å². The minimum absolute atomic E-state index is 0.113. The first-order chi connectivity index (χ1) is 9.34. The Morgan fingerprint density at radius 2 is 1.90 bits per heavy atom. The van der Waals surface area contributed by atoms with Crippen LogP contribution < -0.4 is 5.32 Å². The number of hydrogen-bond donors (Lipinski definition) is 2. The Bertz CT molecular complexity index is 456. The van der Waals surface area contributed by atoms with Gasteiger partial charge >= 0.3 is 5.97 Å². The van der Waals surface area contributed by atoms with Crippen molar-refractivity contribution in [3.05, 3.63) is 35.9 Å². The summed E-state index contributed by atoms with van der Waals surface area (Å²) in [4.78, 5) is 23.1. The van der Waals surface area contributed by atoms with Crippen LogP contribution in [-0.4, -0.2) is 35.7 Å². The molecule has 0 saturated carbocycles. The van der Waals surface area contributed by atoms with Gasteiger partial charge in [0.1, 0.15) is 6.04 Å². The van der Waals surface area contributed by atoms with Crippen molar-refractivity contribution in [1.82, 2.24) is 5.32 Å². The maximum Gasteiger partial charge on any atom is 0.326 e. The highest BCUT2D eigenvalue weighted by Gasteiger charge is 2.25. The normalized spacial score (nSPS) is 12.8. The standard InChI is InChI=1S/C15H21NO4/c1-15(2,20-3)10-13(17)16-12(14(18)19)9-11-7-5-4-6-8-11/h4-8,12H,9-10H2,1-3H3,(H,16,17)(H,18,19). The molecule has 1 rings (SSSR count). The van der Waals surface area contributed by atoms with Gasteiger partial charge in [-0.3, -0.25) is 4.79 Å². The van der Waals surface area contributed by atoms with Crippen molar-refractivity contribution in [1.29, 1.82) is 0 Å². The molecular formula is C15H21NO4. The van der Waals surface area contributed by atoms with E-state index < -0.39 is 17.6 Å². The van der Waals surface area contributed by atoms with Crippen molar-refractivity contribution in [2.75, 3.05) is 7.11 Å². The Labute approximate surface area is 118 Å². The fraction of sp³-hybridized carbons (Fsp3) is 0.467. The lowest BCUT2D eigenvalue weighted by Gasteiger charge is -2.23. The Morgan fingerprint density at radius 3 is 2.40 bits per heavy atom. The molecule has 5 nitrogen and oxygen atoms in total. The van der Waals surface area contributed by atoms with E-state index in [1.54, 1.807) is 13.8 Å². The molecule has 0 aliphatic rings. The van der Waals surface area contributed by atoms with Crippen LogP contribution >= 0.6 is 0 Å². The van der Waals surface area contributed by atoms with Crippen molar-refractivity contribution >= 4 is 11.9 Å². The number of rotatable bonds is 7. The van der Waals surface area contributed by atoms with E-state index in [-0.39, 0.29) is 18.7 Å². The molecule has 1 atom stereocenters. The summed E-state index contributed by atoms with van der Waals surface area (Å²) in [5.41, 5.74) is 0.256. The first kappa shape index (κ1) is 16.2. The molecule has 1 aromatic rings. The average molecular weight is 279 g/mol. The lowest BCUT2D eigenvalue weighted by atomic mass is 10.0. The summed E-state index contributed by atoms with van der Waals surface area (Å²) in [5.74, 6) is -1.38. The summed E-state index contributed by atoms with van der Waals surface area (Å²) in [6, 6.07) is 8.27. The van der Waals surface area contributed by atoms with Crippen LogP contribution in [0.25, 0.3) is 0 Å². The molecule has 1 unspecified atom stereocenters. The van der Waals surface area contributed by atoms with E-state index in [1.165, 1.54) is 7.11 Å². The molecule has 110 valence electrons. The van der Waals surface area contributed by atoms with Gasteiger partial charge in [-0.1, -0.05) is 30.3 Å². The maximum atomic E-state index is 11.9. The van der Waals surface area contributed by atoms with Crippen LogP contribution in [0.2, 0.25) is 0 Å². The Morgan fingerprint density at radius 1 is 1.30 bits per heavy atom. The largest absolute Gasteiger partial charge is 0.480 e. The topological polar surface area (TPSA) is 75.6 Å². The predicted molar refractivity (Wildman–Crippen MR) is 75.4 cm³/mol. The predicted octanol–water partition coefficient (Wildman–Crippen LogP) is 1.61. The Kier molecular flexibility index (Phi) is 5.70. The molecule has 0 aliphatic heterocycles. The highest BCUT2D eigenvalue weighted by atomic mass is 16.5. The van der Waals surface area contributed by atoms with Crippen molar-refractivity contribution in [3.63, 3.8) is 0 Å². The summed E-state index contributed by atoms with van der Waals surface area (Å²) >= 11 is 0. The van der Waals surface area contributed by atoms with Crippen molar-refractivity contribution in [2.45, 2.75) is 38.3 Å². The monoisotopic (exact) mass is 279 g/mol. The number of amides is 1. The van der Waals surface area contributed by atoms with E-state index in [4.69, 9.17) is 4.74 Å². The molecule has 0 spiro atoms. The molecule has 0 bridgehead atoms. The second kappa shape index (κ2) is 7.05. The van der Waals surface area contributed by atoms with Crippen molar-refractivity contribution < 1.29 is 19.4 Å². The third-order valence-corrected chi connectivity index (χ3v) is 3.05. The van der Waals surface area contributed by atoms with Crippen LogP contribution in [-0.2, 0) is 20.7 Å². The lowest BCUT2D eigenvalue weighted by molar-refractivity contribution is -0.142. The SMILES string of the molecule is COC(C)(C)CC(=O)NC(Cc1ccccc1)C(=O)O. The van der Waals surface area contributed by atoms with Gasteiger partial charge in [-0.05, 0) is 19.4 Å². The lowest BCUT2D eigenvalue weighted by Crippen LogP contribution is -2.44. The first-order valence-corrected chi connectivity index (χ1v) is 6.45. The van der Waals surface area contributed by atoms with E-state index in [2.05, 4.69) is 5.32 Å². The summed E-state index contributed by atoms with van der Waals surface area (Å²) in [5, 5.41) is 11.7. The van der Waals surface area contributed by atoms with Crippen molar-refractivity contribution in [2.24, 2.45) is 0 Å². The third-order valence-electron chi connectivity index (χ3n) is 3.05. The van der Waals surface area contributed by atoms with Gasteiger partial charge < -0.3 is 15.2 Å². The molecule has 0 heterocycles. The van der Waals surface area contributed by atoms with Crippen LogP contribution in [0.4, 0.5) is 0 Å². The first-order valence-electron chi connectivity index (χ1n) is 6.45. The molecule has 1 aromatic carbocycles. The van der Waals surface area contributed by atoms with Crippen LogP contribution in [0.1, 0.15) is 25.8 Å². The third kappa shape index (κ3) is 5.40. The number of carbonyl (C=O) groups is 2. The minimum atomic E-state index is -1.04. The average Bonchev–Trinajstić information content (AvgIpc) is 2.38. The van der Waals surface area contributed by atoms with Crippen molar-refractivity contribution in [3.8, 4) is 0 Å². The van der Waals surface area contributed by atoms with E-state index in [1.807, 2.05) is 30.3 Å². The number of methoxy groups -OCH3 is 1. The second-order valence-corrected chi connectivity index (χ2v) is 5.29. The molecule has 5 heteroatoms. The smallest absolute Gasteiger partial charge is 0.326 e. The Balaban J connectivity index is 2.64. The van der Waals surface area contributed by atoms with E-state index in [9.17, 15) is 14.7 Å². The fourth-order valence-electron chi connectivity index (χ4n) is 1.75. The van der Waals surface area contributed by atoms with Gasteiger partial charge in [0, 0.05) is 13.5 Å². The molecule has 0 saturated heterocycles. The number of carbonyl (C=O) groups excluding carboxylic acids is 1. The molecule has 0 aliphatic carbocycles. The van der Waals surface area contributed by atoms with Gasteiger partial charge in [-0.25, -0.2) is 4.79 Å². The number of carboxylic acids is 1. The molecule has 20 heavy (non-hydrogen) atoms. The zero-order valence-corrected chi connectivity index (χ0v) is 12.1. The molecule has 0 aromatic heterocycles. The van der Waals surface area contributed by atoms with E-state index in [0.29, 0.717) is 0 Å². The number of benzene rings is 1. The van der Waals surface area contributed by atoms with E-state index >= 15 is 0 Å². The molecule has 0 fully saturated rings. The van der Waals surface area contributed by atoms with Gasteiger partial charge in [0.15, 0.2) is 0 Å². The molecule has 0 radical (unpaired) electrons. The fourth-order valence-corrected chi connectivity index (χ4v) is 1.75. The number of nitrogens with one attached hydrogen (secondary N) is 1. The number of carboxylic acid groups (broad SMARTS) is 1. The summed E-state index contributed by atoms with van der Waals surface area (Å²) in [6.07, 6.45) is 0.372. The summed E-state index contributed by atoms with van der Waals surface area (Å²) < 4.78 is 5.16. The van der Waals surface area contributed by atoms with Gasteiger partial charge in [-0.15, -0.1) is 0 Å². The van der Waals surface area contributed by atoms with Gasteiger partial charge in [0.05, 0.1) is 12.0 Å². The van der Waals surface area contributed by atoms with Gasteiger partial charge in [-0.2, -0.15) is 0 Å². The second-order valence-electron chi connectivity index (χ2n) is 5.29. The van der Waals surface area contributed by atoms with Gasteiger partial charge in [0.2, 0.25) is 5.91 Å². The van der Waals surface area contributed by atoms with Gasteiger partial charge in [0.25, 0.3) is 0 Å². The maximum absolute atomic E-state index is 11.9. The highest BCUT2D eigenvalue weighted by Crippen LogP contribution is 2.13. The number of ether oxygens (including phenoxy) is 1. The zero-order valence-electron chi connectivity index (χ0n) is 12.1. The quantitative estimate of drug-likeness (QED) is 0.795. The molecule has 1 amide bonds. The zero-order chi connectivity index (χ0) is 15.2. The molecular weight excluding hydrogens is 258 g/mol. The minimum Gasteiger partial charge on any atom is -0.480 e. The van der Waals surface area contributed by atoms with Crippen LogP contribution in [0.3, 0.4) is 0 Å². The summed E-state index contributed by atoms with van der Waals surface area (Å²) in [6.45, 7) is 3.55. The van der Waals surface area contributed by atoms with Crippen LogP contribution in [0, 0.1) is 0 Å². The summed E-state index contributed by atoms with van der Waals surface area (Å²) in [7, 11) is 1.52. The number of aliphatic carboxylic acids is 1.